The molecule has 0 radical (unpaired) electrons. The second-order valence-corrected chi connectivity index (χ2v) is 15.7. The van der Waals surface area contributed by atoms with E-state index in [2.05, 4.69) is 57.2 Å². The molecule has 0 amide bonds. The second kappa shape index (κ2) is 44.3. The molecule has 6 heteroatoms. The highest BCUT2D eigenvalue weighted by atomic mass is 16.6. The molecule has 0 bridgehead atoms. The van der Waals surface area contributed by atoms with E-state index in [4.69, 9.17) is 14.2 Å². The normalized spacial score (nSPS) is 12.3. The summed E-state index contributed by atoms with van der Waals surface area (Å²) in [6.07, 6.45) is 49.8. The van der Waals surface area contributed by atoms with Crippen LogP contribution in [0.2, 0.25) is 0 Å². The van der Waals surface area contributed by atoms with Crippen molar-refractivity contribution in [2.75, 3.05) is 13.2 Å². The summed E-state index contributed by atoms with van der Waals surface area (Å²) in [5.74, 6) is -0.900. The highest BCUT2D eigenvalue weighted by Crippen LogP contribution is 2.14. The van der Waals surface area contributed by atoms with Gasteiger partial charge in [0.1, 0.15) is 13.2 Å². The van der Waals surface area contributed by atoms with Crippen LogP contribution in [-0.4, -0.2) is 37.2 Å². The highest BCUT2D eigenvalue weighted by molar-refractivity contribution is 5.71. The zero-order valence-corrected chi connectivity index (χ0v) is 36.4. The molecule has 0 saturated heterocycles. The quantitative estimate of drug-likeness (QED) is 0.0266. The number of unbranched alkanes of at least 4 members (excludes halogenated alkanes) is 25. The van der Waals surface area contributed by atoms with E-state index in [-0.39, 0.29) is 31.1 Å². The van der Waals surface area contributed by atoms with Gasteiger partial charge in [-0.1, -0.05) is 186 Å². The predicted molar refractivity (Wildman–Crippen MR) is 233 cm³/mol. The van der Waals surface area contributed by atoms with E-state index in [9.17, 15) is 14.4 Å². The third kappa shape index (κ3) is 42.6. The Hall–Kier alpha value is -2.37. The molecule has 0 aliphatic rings. The molecule has 0 heterocycles. The molecule has 1 atom stereocenters. The largest absolute Gasteiger partial charge is 0.462 e. The van der Waals surface area contributed by atoms with Crippen LogP contribution in [0, 0.1) is 0 Å². The van der Waals surface area contributed by atoms with Crippen LogP contribution < -0.4 is 0 Å². The van der Waals surface area contributed by atoms with Gasteiger partial charge in [-0.15, -0.1) is 0 Å². The Morgan fingerprint density at radius 2 is 0.673 bits per heavy atom. The van der Waals surface area contributed by atoms with Crippen molar-refractivity contribution in [2.45, 2.75) is 245 Å². The van der Waals surface area contributed by atoms with Gasteiger partial charge in [-0.2, -0.15) is 0 Å². The van der Waals surface area contributed by atoms with Gasteiger partial charge in [0.05, 0.1) is 0 Å². The lowest BCUT2D eigenvalue weighted by Gasteiger charge is -2.18. The maximum Gasteiger partial charge on any atom is 0.306 e. The summed E-state index contributed by atoms with van der Waals surface area (Å²) in [5.41, 5.74) is 0. The van der Waals surface area contributed by atoms with Gasteiger partial charge >= 0.3 is 17.9 Å². The van der Waals surface area contributed by atoms with Crippen LogP contribution in [0.5, 0.6) is 0 Å². The predicted octanol–water partition coefficient (Wildman–Crippen LogP) is 15.0. The molecular formula is C49H88O6. The number of hydrogen-bond acceptors (Lipinski definition) is 6. The summed E-state index contributed by atoms with van der Waals surface area (Å²) < 4.78 is 16.7. The first-order chi connectivity index (χ1) is 27.0. The number of carbonyl (C=O) groups excluding carboxylic acids is 3. The standard InChI is InChI=1S/C49H88O6/c1-4-7-10-13-16-19-22-23-24-25-28-30-33-36-39-42-48(51)54-45-46(55-49(52)43-40-37-34-31-27-21-18-15-12-9-6-3)44-53-47(50)41-38-35-32-29-26-20-17-14-11-8-5-2/h15-16,18-19,23-24,46H,4-14,17,20-22,25-45H2,1-3H3/b18-15-,19-16-,24-23-/t46-/m0/s1. The summed E-state index contributed by atoms with van der Waals surface area (Å²) in [7, 11) is 0. The summed E-state index contributed by atoms with van der Waals surface area (Å²) in [6.45, 7) is 6.54. The van der Waals surface area contributed by atoms with Crippen molar-refractivity contribution in [3.8, 4) is 0 Å². The van der Waals surface area contributed by atoms with Crippen LogP contribution in [0.25, 0.3) is 0 Å². The maximum absolute atomic E-state index is 12.7. The monoisotopic (exact) mass is 773 g/mol. The van der Waals surface area contributed by atoms with Crippen LogP contribution in [-0.2, 0) is 28.6 Å². The number of ether oxygens (including phenoxy) is 3. The molecule has 0 fully saturated rings. The minimum Gasteiger partial charge on any atom is -0.462 e. The van der Waals surface area contributed by atoms with Crippen molar-refractivity contribution in [3.05, 3.63) is 36.5 Å². The fourth-order valence-electron chi connectivity index (χ4n) is 6.51. The van der Waals surface area contributed by atoms with Gasteiger partial charge in [-0.05, 0) is 70.6 Å². The Morgan fingerprint density at radius 1 is 0.364 bits per heavy atom. The fraction of sp³-hybridized carbons (Fsp3) is 0.816. The Morgan fingerprint density at radius 3 is 1.11 bits per heavy atom. The van der Waals surface area contributed by atoms with Crippen LogP contribution in [0.4, 0.5) is 0 Å². The summed E-state index contributed by atoms with van der Waals surface area (Å²) in [4.78, 5) is 37.7. The van der Waals surface area contributed by atoms with E-state index in [1.807, 2.05) is 0 Å². The van der Waals surface area contributed by atoms with Gasteiger partial charge in [0.25, 0.3) is 0 Å². The summed E-state index contributed by atoms with van der Waals surface area (Å²) in [5, 5.41) is 0. The number of carbonyl (C=O) groups is 3. The molecule has 320 valence electrons. The summed E-state index contributed by atoms with van der Waals surface area (Å²) >= 11 is 0. The van der Waals surface area contributed by atoms with Crippen molar-refractivity contribution >= 4 is 17.9 Å². The van der Waals surface area contributed by atoms with Crippen LogP contribution in [0.1, 0.15) is 239 Å². The van der Waals surface area contributed by atoms with Gasteiger partial charge in [0.15, 0.2) is 6.10 Å². The maximum atomic E-state index is 12.7. The van der Waals surface area contributed by atoms with Crippen LogP contribution in [0.15, 0.2) is 36.5 Å². The van der Waals surface area contributed by atoms with Crippen molar-refractivity contribution < 1.29 is 28.6 Å². The Kier molecular flexibility index (Phi) is 42.4. The SMILES string of the molecule is CCCC/C=C\CCCCCCCC(=O)O[C@H](COC(=O)CCCCCCC/C=C\C/C=C\CCCCC)COC(=O)CCCCCCCCCCCCC. The zero-order chi connectivity index (χ0) is 40.1. The molecule has 6 nitrogen and oxygen atoms in total. The molecule has 0 aliphatic heterocycles. The summed E-state index contributed by atoms with van der Waals surface area (Å²) in [6, 6.07) is 0. The zero-order valence-electron chi connectivity index (χ0n) is 36.4. The van der Waals surface area contributed by atoms with Crippen LogP contribution in [0.3, 0.4) is 0 Å². The van der Waals surface area contributed by atoms with E-state index in [1.165, 1.54) is 109 Å². The molecule has 0 saturated carbocycles. The average molecular weight is 773 g/mol. The Balaban J connectivity index is 4.38. The van der Waals surface area contributed by atoms with Crippen molar-refractivity contribution in [1.29, 1.82) is 0 Å². The molecule has 0 aromatic carbocycles. The minimum absolute atomic E-state index is 0.0780. The third-order valence-electron chi connectivity index (χ3n) is 10.1. The Labute approximate surface area is 340 Å². The Bertz CT molecular complexity index is 938. The number of rotatable bonds is 42. The van der Waals surface area contributed by atoms with Gasteiger partial charge in [-0.3, -0.25) is 14.4 Å². The van der Waals surface area contributed by atoms with Gasteiger partial charge in [0, 0.05) is 19.3 Å². The first kappa shape index (κ1) is 52.6. The number of esters is 3. The van der Waals surface area contributed by atoms with E-state index >= 15 is 0 Å². The van der Waals surface area contributed by atoms with E-state index in [0.29, 0.717) is 19.3 Å². The second-order valence-electron chi connectivity index (χ2n) is 15.7. The van der Waals surface area contributed by atoms with E-state index in [1.54, 1.807) is 0 Å². The van der Waals surface area contributed by atoms with Crippen molar-refractivity contribution in [3.63, 3.8) is 0 Å². The molecule has 0 aromatic rings. The van der Waals surface area contributed by atoms with Crippen molar-refractivity contribution in [2.24, 2.45) is 0 Å². The van der Waals surface area contributed by atoms with Gasteiger partial charge < -0.3 is 14.2 Å². The van der Waals surface area contributed by atoms with Gasteiger partial charge in [-0.25, -0.2) is 0 Å². The van der Waals surface area contributed by atoms with Crippen molar-refractivity contribution in [1.82, 2.24) is 0 Å². The van der Waals surface area contributed by atoms with Crippen LogP contribution >= 0.6 is 0 Å². The average Bonchev–Trinajstić information content (AvgIpc) is 3.18. The molecule has 0 aromatic heterocycles. The topological polar surface area (TPSA) is 78.9 Å². The molecular weight excluding hydrogens is 685 g/mol. The lowest BCUT2D eigenvalue weighted by Crippen LogP contribution is -2.30. The highest BCUT2D eigenvalue weighted by Gasteiger charge is 2.19. The molecule has 55 heavy (non-hydrogen) atoms. The molecule has 0 aliphatic carbocycles. The smallest absolute Gasteiger partial charge is 0.306 e. The molecule has 0 rings (SSSR count). The molecule has 0 spiro atoms. The lowest BCUT2D eigenvalue weighted by atomic mass is 10.1. The first-order valence-corrected chi connectivity index (χ1v) is 23.5. The lowest BCUT2D eigenvalue weighted by molar-refractivity contribution is -0.167. The number of allylic oxidation sites excluding steroid dienone is 6. The fourth-order valence-corrected chi connectivity index (χ4v) is 6.51. The third-order valence-corrected chi connectivity index (χ3v) is 10.1. The number of hydrogen-bond donors (Lipinski definition) is 0. The first-order valence-electron chi connectivity index (χ1n) is 23.5. The van der Waals surface area contributed by atoms with E-state index < -0.39 is 6.10 Å². The van der Waals surface area contributed by atoms with E-state index in [0.717, 1.165) is 89.9 Å². The molecule has 0 unspecified atom stereocenters. The van der Waals surface area contributed by atoms with Gasteiger partial charge in [0.2, 0.25) is 0 Å². The molecule has 0 N–H and O–H groups in total. The minimum atomic E-state index is -0.776.